The zero-order valence-corrected chi connectivity index (χ0v) is 16.7. The van der Waals surface area contributed by atoms with Crippen LogP contribution >= 0.6 is 0 Å². The van der Waals surface area contributed by atoms with Crippen molar-refractivity contribution in [3.05, 3.63) is 54.1 Å². The van der Waals surface area contributed by atoms with Crippen LogP contribution in [0, 0.1) is 0 Å². The smallest absolute Gasteiger partial charge is 0.240 e. The molecule has 0 fully saturated rings. The summed E-state index contributed by atoms with van der Waals surface area (Å²) in [5.41, 5.74) is 0.989. The van der Waals surface area contributed by atoms with Gasteiger partial charge in [-0.15, -0.1) is 0 Å². The van der Waals surface area contributed by atoms with Gasteiger partial charge in [-0.25, -0.2) is 13.1 Å². The SMILES string of the molecule is CCCOc1ccc(C(=O)CCC(=O)Nc2ccc(S(=O)(=O)NC)cc2)cc1. The summed E-state index contributed by atoms with van der Waals surface area (Å²) >= 11 is 0. The van der Waals surface area contributed by atoms with Crippen LogP contribution in [-0.2, 0) is 14.8 Å². The molecule has 0 aliphatic carbocycles. The quantitative estimate of drug-likeness (QED) is 0.593. The second-order valence-corrected chi connectivity index (χ2v) is 7.96. The maximum absolute atomic E-state index is 12.2. The standard InChI is InChI=1S/C20H24N2O5S/c1-3-14-27-17-8-4-15(5-9-17)19(23)12-13-20(24)22-16-6-10-18(11-7-16)28(25,26)21-2/h4-11,21H,3,12-14H2,1-2H3,(H,22,24). The van der Waals surface area contributed by atoms with E-state index in [-0.39, 0.29) is 29.4 Å². The molecule has 1 amide bonds. The van der Waals surface area contributed by atoms with Crippen molar-refractivity contribution < 1.29 is 22.7 Å². The summed E-state index contributed by atoms with van der Waals surface area (Å²) in [6.45, 7) is 2.64. The number of ketones is 1. The molecule has 0 saturated heterocycles. The van der Waals surface area contributed by atoms with Crippen molar-refractivity contribution in [1.82, 2.24) is 4.72 Å². The lowest BCUT2D eigenvalue weighted by molar-refractivity contribution is -0.116. The molecule has 150 valence electrons. The Hall–Kier alpha value is -2.71. The minimum atomic E-state index is -3.52. The Labute approximate surface area is 165 Å². The number of ether oxygens (including phenoxy) is 1. The average Bonchev–Trinajstić information content (AvgIpc) is 2.71. The van der Waals surface area contributed by atoms with Crippen LogP contribution in [0.4, 0.5) is 5.69 Å². The number of carbonyl (C=O) groups excluding carboxylic acids is 2. The molecule has 2 aromatic rings. The van der Waals surface area contributed by atoms with E-state index in [1.165, 1.54) is 31.3 Å². The number of nitrogens with one attached hydrogen (secondary N) is 2. The van der Waals surface area contributed by atoms with Crippen molar-refractivity contribution in [1.29, 1.82) is 0 Å². The molecule has 2 aromatic carbocycles. The number of amides is 1. The summed E-state index contributed by atoms with van der Waals surface area (Å²) in [5.74, 6) is 0.257. The van der Waals surface area contributed by atoms with Crippen LogP contribution in [0.1, 0.15) is 36.5 Å². The second-order valence-electron chi connectivity index (χ2n) is 6.08. The summed E-state index contributed by atoms with van der Waals surface area (Å²) in [6, 6.07) is 12.6. The number of hydrogen-bond donors (Lipinski definition) is 2. The first-order valence-electron chi connectivity index (χ1n) is 8.95. The van der Waals surface area contributed by atoms with Gasteiger partial charge in [0.05, 0.1) is 11.5 Å². The molecule has 28 heavy (non-hydrogen) atoms. The van der Waals surface area contributed by atoms with Gasteiger partial charge in [-0.2, -0.15) is 0 Å². The summed E-state index contributed by atoms with van der Waals surface area (Å²) in [7, 11) is -2.19. The fraction of sp³-hybridized carbons (Fsp3) is 0.300. The maximum atomic E-state index is 12.2. The minimum absolute atomic E-state index is 0.0312. The number of anilines is 1. The molecule has 8 heteroatoms. The number of rotatable bonds is 10. The minimum Gasteiger partial charge on any atom is -0.494 e. The van der Waals surface area contributed by atoms with E-state index in [1.807, 2.05) is 6.92 Å². The van der Waals surface area contributed by atoms with Crippen LogP contribution in [0.15, 0.2) is 53.4 Å². The van der Waals surface area contributed by atoms with E-state index in [1.54, 1.807) is 24.3 Å². The van der Waals surface area contributed by atoms with Gasteiger partial charge in [0.1, 0.15) is 5.75 Å². The fourth-order valence-corrected chi connectivity index (χ4v) is 3.12. The maximum Gasteiger partial charge on any atom is 0.240 e. The van der Waals surface area contributed by atoms with Crippen LogP contribution in [-0.4, -0.2) is 33.8 Å². The molecule has 0 atom stereocenters. The van der Waals surface area contributed by atoms with Gasteiger partial charge in [-0.3, -0.25) is 9.59 Å². The van der Waals surface area contributed by atoms with E-state index in [9.17, 15) is 18.0 Å². The van der Waals surface area contributed by atoms with Crippen LogP contribution in [0.5, 0.6) is 5.75 Å². The number of carbonyl (C=O) groups is 2. The monoisotopic (exact) mass is 404 g/mol. The predicted molar refractivity (Wildman–Crippen MR) is 107 cm³/mol. The van der Waals surface area contributed by atoms with Gasteiger partial charge in [0.25, 0.3) is 0 Å². The van der Waals surface area contributed by atoms with Gasteiger partial charge < -0.3 is 10.1 Å². The fourth-order valence-electron chi connectivity index (χ4n) is 2.39. The molecular formula is C20H24N2O5S. The molecule has 0 aliphatic rings. The molecule has 0 aromatic heterocycles. The lowest BCUT2D eigenvalue weighted by atomic mass is 10.1. The zero-order chi connectivity index (χ0) is 20.6. The largest absolute Gasteiger partial charge is 0.494 e. The van der Waals surface area contributed by atoms with Crippen LogP contribution < -0.4 is 14.8 Å². The van der Waals surface area contributed by atoms with Gasteiger partial charge in [0.15, 0.2) is 5.78 Å². The van der Waals surface area contributed by atoms with Crippen molar-refractivity contribution in [2.45, 2.75) is 31.1 Å². The Kier molecular flexibility index (Phi) is 7.71. The zero-order valence-electron chi connectivity index (χ0n) is 15.9. The van der Waals surface area contributed by atoms with Crippen molar-refractivity contribution in [3.63, 3.8) is 0 Å². The molecule has 2 rings (SSSR count). The highest BCUT2D eigenvalue weighted by molar-refractivity contribution is 7.89. The molecule has 7 nitrogen and oxygen atoms in total. The van der Waals surface area contributed by atoms with Crippen molar-refractivity contribution >= 4 is 27.4 Å². The molecule has 2 N–H and O–H groups in total. The van der Waals surface area contributed by atoms with Gasteiger partial charge in [0, 0.05) is 24.1 Å². The number of Topliss-reactive ketones (excluding diaryl/α,β-unsaturated/α-hetero) is 1. The third-order valence-corrected chi connectivity index (χ3v) is 5.38. The van der Waals surface area contributed by atoms with E-state index < -0.39 is 10.0 Å². The summed E-state index contributed by atoms with van der Waals surface area (Å²) in [4.78, 5) is 24.4. The second kappa shape index (κ2) is 10.0. The summed E-state index contributed by atoms with van der Waals surface area (Å²) in [6.07, 6.45) is 1.01. The molecule has 0 saturated carbocycles. The van der Waals surface area contributed by atoms with E-state index >= 15 is 0 Å². The highest BCUT2D eigenvalue weighted by atomic mass is 32.2. The van der Waals surface area contributed by atoms with Crippen LogP contribution in [0.3, 0.4) is 0 Å². The van der Waals surface area contributed by atoms with Crippen molar-refractivity contribution in [2.24, 2.45) is 0 Å². The van der Waals surface area contributed by atoms with Gasteiger partial charge >= 0.3 is 0 Å². The molecule has 0 bridgehead atoms. The van der Waals surface area contributed by atoms with Gasteiger partial charge in [0.2, 0.25) is 15.9 Å². The Morgan fingerprint density at radius 2 is 1.61 bits per heavy atom. The first-order valence-corrected chi connectivity index (χ1v) is 10.4. The Balaban J connectivity index is 1.85. The molecule has 0 heterocycles. The van der Waals surface area contributed by atoms with Crippen molar-refractivity contribution in [2.75, 3.05) is 19.0 Å². The topological polar surface area (TPSA) is 102 Å². The average molecular weight is 404 g/mol. The van der Waals surface area contributed by atoms with Gasteiger partial charge in [-0.05, 0) is 62.0 Å². The first kappa shape index (κ1) is 21.6. The number of hydrogen-bond acceptors (Lipinski definition) is 5. The highest BCUT2D eigenvalue weighted by Crippen LogP contribution is 2.16. The third-order valence-electron chi connectivity index (χ3n) is 3.95. The van der Waals surface area contributed by atoms with E-state index in [4.69, 9.17) is 4.74 Å². The van der Waals surface area contributed by atoms with E-state index in [2.05, 4.69) is 10.0 Å². The molecule has 0 radical (unpaired) electrons. The van der Waals surface area contributed by atoms with Gasteiger partial charge in [-0.1, -0.05) is 6.92 Å². The van der Waals surface area contributed by atoms with E-state index in [0.717, 1.165) is 6.42 Å². The highest BCUT2D eigenvalue weighted by Gasteiger charge is 2.12. The molecule has 0 unspecified atom stereocenters. The molecule has 0 aliphatic heterocycles. The Bertz CT molecular complexity index is 907. The first-order chi connectivity index (χ1) is 13.4. The lowest BCUT2D eigenvalue weighted by Crippen LogP contribution is -2.18. The summed E-state index contributed by atoms with van der Waals surface area (Å²) < 4.78 is 31.0. The van der Waals surface area contributed by atoms with Crippen LogP contribution in [0.2, 0.25) is 0 Å². The normalized spacial score (nSPS) is 11.1. The Morgan fingerprint density at radius 3 is 2.18 bits per heavy atom. The third kappa shape index (κ3) is 6.17. The van der Waals surface area contributed by atoms with Crippen molar-refractivity contribution in [3.8, 4) is 5.75 Å². The number of sulfonamides is 1. The summed E-state index contributed by atoms with van der Waals surface area (Å²) in [5, 5.41) is 2.65. The van der Waals surface area contributed by atoms with Crippen LogP contribution in [0.25, 0.3) is 0 Å². The number of benzene rings is 2. The molecule has 0 spiro atoms. The lowest BCUT2D eigenvalue weighted by Gasteiger charge is -2.07. The Morgan fingerprint density at radius 1 is 0.964 bits per heavy atom. The molecular weight excluding hydrogens is 380 g/mol. The predicted octanol–water partition coefficient (Wildman–Crippen LogP) is 2.99. The van der Waals surface area contributed by atoms with E-state index in [0.29, 0.717) is 23.6 Å².